The van der Waals surface area contributed by atoms with Crippen molar-refractivity contribution in [2.24, 2.45) is 4.99 Å². The molecule has 0 rings (SSSR count). The molecule has 0 saturated heterocycles. The minimum Gasteiger partial charge on any atom is -0.386 e. The van der Waals surface area contributed by atoms with Crippen LogP contribution in [0.2, 0.25) is 0 Å². The second kappa shape index (κ2) is 6.70. The van der Waals surface area contributed by atoms with Crippen LogP contribution in [0.4, 0.5) is 0 Å². The van der Waals surface area contributed by atoms with E-state index in [0.717, 1.165) is 5.71 Å². The van der Waals surface area contributed by atoms with E-state index in [2.05, 4.69) is 37.2 Å². The van der Waals surface area contributed by atoms with Gasteiger partial charge < -0.3 is 5.32 Å². The fraction of sp³-hybridized carbons (Fsp3) is 0.727. The van der Waals surface area contributed by atoms with Gasteiger partial charge >= 0.3 is 0 Å². The summed E-state index contributed by atoms with van der Waals surface area (Å²) in [6, 6.07) is 0.561. The quantitative estimate of drug-likeness (QED) is 0.650. The van der Waals surface area contributed by atoms with Crippen LogP contribution in [0.3, 0.4) is 0 Å². The second-order valence-electron chi connectivity index (χ2n) is 3.53. The zero-order valence-electron chi connectivity index (χ0n) is 9.52. The molecule has 0 aliphatic rings. The molecule has 13 heavy (non-hydrogen) atoms. The summed E-state index contributed by atoms with van der Waals surface area (Å²) in [4.78, 5) is 4.08. The van der Waals surface area contributed by atoms with Crippen LogP contribution in [0.25, 0.3) is 0 Å². The number of hydrogen-bond acceptors (Lipinski definition) is 2. The first-order valence-corrected chi connectivity index (χ1v) is 4.98. The van der Waals surface area contributed by atoms with Gasteiger partial charge in [-0.25, -0.2) is 0 Å². The van der Waals surface area contributed by atoms with Crippen molar-refractivity contribution in [3.63, 3.8) is 0 Å². The Balaban J connectivity index is 3.98. The largest absolute Gasteiger partial charge is 0.386 e. The number of nitrogens with one attached hydrogen (secondary N) is 1. The van der Waals surface area contributed by atoms with Crippen molar-refractivity contribution in [2.75, 3.05) is 7.05 Å². The molecule has 0 aliphatic heterocycles. The third-order valence-corrected chi connectivity index (χ3v) is 1.97. The van der Waals surface area contributed by atoms with E-state index in [0.29, 0.717) is 6.04 Å². The van der Waals surface area contributed by atoms with E-state index in [1.165, 1.54) is 18.5 Å². The van der Waals surface area contributed by atoms with Crippen molar-refractivity contribution < 1.29 is 0 Å². The Kier molecular flexibility index (Phi) is 6.29. The number of rotatable bonds is 5. The molecule has 1 unspecified atom stereocenters. The van der Waals surface area contributed by atoms with Crippen molar-refractivity contribution in [2.45, 2.75) is 46.6 Å². The lowest BCUT2D eigenvalue weighted by Gasteiger charge is -2.14. The Morgan fingerprint density at radius 2 is 2.08 bits per heavy atom. The Morgan fingerprint density at radius 1 is 1.46 bits per heavy atom. The zero-order valence-corrected chi connectivity index (χ0v) is 9.52. The predicted molar refractivity (Wildman–Crippen MR) is 60.3 cm³/mol. The number of nitrogens with zero attached hydrogens (tertiary/aromatic N) is 1. The van der Waals surface area contributed by atoms with Crippen molar-refractivity contribution in [1.29, 1.82) is 0 Å². The van der Waals surface area contributed by atoms with E-state index in [1.54, 1.807) is 0 Å². The van der Waals surface area contributed by atoms with Crippen molar-refractivity contribution in [1.82, 2.24) is 5.32 Å². The predicted octanol–water partition coefficient (Wildman–Crippen LogP) is 2.76. The molecule has 0 amide bonds. The van der Waals surface area contributed by atoms with Crippen LogP contribution in [0.15, 0.2) is 16.8 Å². The summed E-state index contributed by atoms with van der Waals surface area (Å²) in [6.07, 6.45) is 4.52. The highest BCUT2D eigenvalue weighted by Gasteiger charge is 1.98. The first-order chi connectivity index (χ1) is 6.10. The van der Waals surface area contributed by atoms with Crippen LogP contribution in [-0.4, -0.2) is 18.8 Å². The van der Waals surface area contributed by atoms with Crippen LogP contribution in [0, 0.1) is 0 Å². The zero-order chi connectivity index (χ0) is 10.3. The number of aliphatic imine (C=N–C) groups is 1. The van der Waals surface area contributed by atoms with E-state index in [9.17, 15) is 0 Å². The summed E-state index contributed by atoms with van der Waals surface area (Å²) in [5.74, 6) is 0. The van der Waals surface area contributed by atoms with Crippen LogP contribution in [-0.2, 0) is 0 Å². The van der Waals surface area contributed by atoms with Crippen molar-refractivity contribution in [3.05, 3.63) is 11.8 Å². The van der Waals surface area contributed by atoms with Gasteiger partial charge in [-0.2, -0.15) is 0 Å². The standard InChI is InChI=1S/C11H22N2/c1-6-7-9(2)13-11(4)8-10(3)12-5/h8-9,13H,6-7H2,1-5H3. The molecule has 0 saturated carbocycles. The Hall–Kier alpha value is -0.790. The van der Waals surface area contributed by atoms with Crippen LogP contribution < -0.4 is 5.32 Å². The average Bonchev–Trinajstić information content (AvgIpc) is 2.04. The molecule has 0 aliphatic carbocycles. The Bertz CT molecular complexity index is 192. The molecular formula is C11H22N2. The Morgan fingerprint density at radius 3 is 2.54 bits per heavy atom. The smallest absolute Gasteiger partial charge is 0.0330 e. The maximum absolute atomic E-state index is 4.08. The molecular weight excluding hydrogens is 160 g/mol. The van der Waals surface area contributed by atoms with Crippen LogP contribution in [0.1, 0.15) is 40.5 Å². The van der Waals surface area contributed by atoms with Gasteiger partial charge in [-0.1, -0.05) is 13.3 Å². The van der Waals surface area contributed by atoms with Gasteiger partial charge in [0.25, 0.3) is 0 Å². The number of allylic oxidation sites excluding steroid dienone is 2. The Labute approximate surface area is 82.1 Å². The highest BCUT2D eigenvalue weighted by Crippen LogP contribution is 1.98. The van der Waals surface area contributed by atoms with Crippen LogP contribution >= 0.6 is 0 Å². The van der Waals surface area contributed by atoms with E-state index in [1.807, 2.05) is 14.0 Å². The SMILES string of the molecule is CCCC(C)NC(C)=CC(C)=NC. The van der Waals surface area contributed by atoms with Gasteiger partial charge in [0.15, 0.2) is 0 Å². The van der Waals surface area contributed by atoms with Crippen molar-refractivity contribution >= 4 is 5.71 Å². The highest BCUT2D eigenvalue weighted by atomic mass is 14.9. The molecule has 1 N–H and O–H groups in total. The molecule has 0 aromatic rings. The van der Waals surface area contributed by atoms with Gasteiger partial charge in [-0.05, 0) is 33.3 Å². The van der Waals surface area contributed by atoms with Gasteiger partial charge in [0.2, 0.25) is 0 Å². The molecule has 0 radical (unpaired) electrons. The summed E-state index contributed by atoms with van der Waals surface area (Å²) in [7, 11) is 1.81. The lowest BCUT2D eigenvalue weighted by molar-refractivity contribution is 0.560. The van der Waals surface area contributed by atoms with E-state index in [4.69, 9.17) is 0 Å². The van der Waals surface area contributed by atoms with Crippen LogP contribution in [0.5, 0.6) is 0 Å². The summed E-state index contributed by atoms with van der Waals surface area (Å²) < 4.78 is 0. The molecule has 0 bridgehead atoms. The minimum atomic E-state index is 0.561. The molecule has 0 aromatic carbocycles. The normalized spacial score (nSPS) is 15.8. The summed E-state index contributed by atoms with van der Waals surface area (Å²) >= 11 is 0. The van der Waals surface area contributed by atoms with Gasteiger partial charge in [-0.3, -0.25) is 4.99 Å². The minimum absolute atomic E-state index is 0.561. The fourth-order valence-electron chi connectivity index (χ4n) is 1.31. The molecule has 1 atom stereocenters. The average molecular weight is 182 g/mol. The summed E-state index contributed by atoms with van der Waals surface area (Å²) in [5, 5.41) is 3.43. The summed E-state index contributed by atoms with van der Waals surface area (Å²) in [5.41, 5.74) is 2.26. The highest BCUT2D eigenvalue weighted by molar-refractivity contribution is 5.93. The van der Waals surface area contributed by atoms with E-state index < -0.39 is 0 Å². The van der Waals surface area contributed by atoms with E-state index >= 15 is 0 Å². The molecule has 0 fully saturated rings. The molecule has 0 heterocycles. The third-order valence-electron chi connectivity index (χ3n) is 1.97. The maximum atomic E-state index is 4.08. The molecule has 2 nitrogen and oxygen atoms in total. The lowest BCUT2D eigenvalue weighted by Crippen LogP contribution is -2.24. The van der Waals surface area contributed by atoms with E-state index in [-0.39, 0.29) is 0 Å². The first kappa shape index (κ1) is 12.2. The molecule has 2 heteroatoms. The van der Waals surface area contributed by atoms with Gasteiger partial charge in [0.1, 0.15) is 0 Å². The summed E-state index contributed by atoms with van der Waals surface area (Å²) in [6.45, 7) is 8.51. The van der Waals surface area contributed by atoms with Gasteiger partial charge in [-0.15, -0.1) is 0 Å². The van der Waals surface area contributed by atoms with Crippen molar-refractivity contribution in [3.8, 4) is 0 Å². The molecule has 76 valence electrons. The lowest BCUT2D eigenvalue weighted by atomic mass is 10.2. The molecule has 0 spiro atoms. The van der Waals surface area contributed by atoms with Gasteiger partial charge in [0, 0.05) is 24.5 Å². The van der Waals surface area contributed by atoms with Gasteiger partial charge in [0.05, 0.1) is 0 Å². The maximum Gasteiger partial charge on any atom is 0.0330 e. The fourth-order valence-corrected chi connectivity index (χ4v) is 1.31. The third kappa shape index (κ3) is 6.38. The first-order valence-electron chi connectivity index (χ1n) is 4.98. The molecule has 0 aromatic heterocycles. The monoisotopic (exact) mass is 182 g/mol. The number of hydrogen-bond donors (Lipinski definition) is 1. The second-order valence-corrected chi connectivity index (χ2v) is 3.53. The topological polar surface area (TPSA) is 24.4 Å².